The first-order chi connectivity index (χ1) is 11.0. The quantitative estimate of drug-likeness (QED) is 0.492. The molecule has 2 rings (SSSR count). The third kappa shape index (κ3) is 4.44. The first-order valence-corrected chi connectivity index (χ1v) is 10.8. The Morgan fingerprint density at radius 3 is 1.33 bits per heavy atom. The Morgan fingerprint density at radius 1 is 0.708 bits per heavy atom. The molecule has 0 spiro atoms. The molecule has 0 aliphatic heterocycles. The van der Waals surface area contributed by atoms with E-state index >= 15 is 0 Å². The van der Waals surface area contributed by atoms with Crippen LogP contribution in [-0.4, -0.2) is 21.9 Å². The van der Waals surface area contributed by atoms with Gasteiger partial charge in [-0.15, -0.1) is 14.0 Å². The Balaban J connectivity index is 2.56. The highest BCUT2D eigenvalue weighted by atomic mass is 35.5. The Hall–Kier alpha value is -0.775. The second kappa shape index (κ2) is 7.23. The molecule has 0 aliphatic rings. The van der Waals surface area contributed by atoms with E-state index in [2.05, 4.69) is 102 Å². The average Bonchev–Trinajstić information content (AvgIpc) is 2.52. The first kappa shape index (κ1) is 19.5. The van der Waals surface area contributed by atoms with Gasteiger partial charge in [0.15, 0.2) is 0 Å². The number of halogens is 1. The van der Waals surface area contributed by atoms with Gasteiger partial charge < -0.3 is 11.5 Å². The van der Waals surface area contributed by atoms with Crippen molar-refractivity contribution in [3.8, 4) is 0 Å². The van der Waals surface area contributed by atoms with E-state index in [1.54, 1.807) is 0 Å². The molecule has 0 radical (unpaired) electrons. The fourth-order valence-corrected chi connectivity index (χ4v) is 8.46. The van der Waals surface area contributed by atoms with Crippen molar-refractivity contribution >= 4 is 35.9 Å². The van der Waals surface area contributed by atoms with Gasteiger partial charge in [0.1, 0.15) is 5.56 Å². The third-order valence-electron chi connectivity index (χ3n) is 4.71. The van der Waals surface area contributed by atoms with Crippen molar-refractivity contribution < 1.29 is 0 Å². The number of rotatable bonds is 4. The number of hydrogen-bond acceptors (Lipinski definition) is 0. The lowest BCUT2D eigenvalue weighted by molar-refractivity contribution is 0.709. The van der Waals surface area contributed by atoms with Gasteiger partial charge in [-0.05, 0) is 10.3 Å². The monoisotopic (exact) mass is 359 g/mol. The minimum Gasteiger partial charge on any atom is -0.377 e. The second-order valence-electron chi connectivity index (χ2n) is 8.70. The Morgan fingerprint density at radius 2 is 1.04 bits per heavy atom. The lowest BCUT2D eigenvalue weighted by Gasteiger charge is -2.49. The highest BCUT2D eigenvalue weighted by Crippen LogP contribution is 2.60. The van der Waals surface area contributed by atoms with E-state index in [0.717, 1.165) is 6.06 Å². The van der Waals surface area contributed by atoms with E-state index in [0.29, 0.717) is 0 Å². The van der Waals surface area contributed by atoms with E-state index in [-0.39, 0.29) is 18.2 Å². The lowest BCUT2D eigenvalue weighted by atomic mass is 9.40. The zero-order valence-corrected chi connectivity index (χ0v) is 17.5. The van der Waals surface area contributed by atoms with Crippen molar-refractivity contribution in [2.75, 3.05) is 6.06 Å². The Bertz CT molecular complexity index is 588. The minimum absolute atomic E-state index is 0.263. The zero-order chi connectivity index (χ0) is 18.0. The van der Waals surface area contributed by atoms with Crippen LogP contribution in [0.25, 0.3) is 0 Å². The molecular formula is C21H30BClP-. The number of hydrogen-bond donors (Lipinski definition) is 0. The van der Waals surface area contributed by atoms with Gasteiger partial charge in [0.25, 0.3) is 0 Å². The summed E-state index contributed by atoms with van der Waals surface area (Å²) >= 11 is 7.48. The Kier molecular flexibility index (Phi) is 5.89. The van der Waals surface area contributed by atoms with Crippen LogP contribution in [-0.2, 0) is 0 Å². The van der Waals surface area contributed by atoms with Crippen LogP contribution in [0.4, 0.5) is 0 Å². The van der Waals surface area contributed by atoms with Crippen LogP contribution in [0.5, 0.6) is 0 Å². The van der Waals surface area contributed by atoms with E-state index in [1.807, 2.05) is 0 Å². The molecule has 0 aliphatic carbocycles. The molecule has 0 N–H and O–H groups in total. The van der Waals surface area contributed by atoms with Crippen LogP contribution in [0.3, 0.4) is 0 Å². The molecule has 2 aromatic rings. The summed E-state index contributed by atoms with van der Waals surface area (Å²) in [5, 5.41) is 0.526. The fourth-order valence-electron chi connectivity index (χ4n) is 3.72. The van der Waals surface area contributed by atoms with Crippen LogP contribution in [0.15, 0.2) is 60.7 Å². The van der Waals surface area contributed by atoms with Gasteiger partial charge in [0.2, 0.25) is 0 Å². The summed E-state index contributed by atoms with van der Waals surface area (Å²) in [6.45, 7) is 14.2. The smallest absolute Gasteiger partial charge is 0.141 e. The van der Waals surface area contributed by atoms with E-state index in [1.165, 1.54) is 10.9 Å². The van der Waals surface area contributed by atoms with Gasteiger partial charge in [0, 0.05) is 0 Å². The Labute approximate surface area is 154 Å². The summed E-state index contributed by atoms with van der Waals surface area (Å²) in [6, 6.07) is 22.4. The largest absolute Gasteiger partial charge is 0.377 e. The summed E-state index contributed by atoms with van der Waals surface area (Å²) < 4.78 is 0. The van der Waals surface area contributed by atoms with Crippen molar-refractivity contribution in [2.45, 2.75) is 51.9 Å². The van der Waals surface area contributed by atoms with Crippen LogP contribution in [0, 0.1) is 0 Å². The van der Waals surface area contributed by atoms with Gasteiger partial charge in [-0.1, -0.05) is 102 Å². The van der Waals surface area contributed by atoms with E-state index in [4.69, 9.17) is 11.5 Å². The zero-order valence-electron chi connectivity index (χ0n) is 15.9. The first-order valence-electron chi connectivity index (χ1n) is 8.79. The van der Waals surface area contributed by atoms with Crippen LogP contribution >= 0.6 is 19.4 Å². The topological polar surface area (TPSA) is 0 Å². The van der Waals surface area contributed by atoms with E-state index in [9.17, 15) is 0 Å². The molecule has 0 saturated carbocycles. The maximum atomic E-state index is 7.48. The van der Waals surface area contributed by atoms with Crippen molar-refractivity contribution in [1.82, 2.24) is 0 Å². The maximum Gasteiger partial charge on any atom is 0.141 e. The molecule has 0 saturated heterocycles. The van der Waals surface area contributed by atoms with Gasteiger partial charge >= 0.3 is 0 Å². The molecule has 0 heterocycles. The van der Waals surface area contributed by atoms with E-state index < -0.39 is 5.56 Å². The molecule has 0 nitrogen and oxygen atoms in total. The molecule has 3 heteroatoms. The lowest BCUT2D eigenvalue weighted by Crippen LogP contribution is -2.58. The fraction of sp³-hybridized carbons (Fsp3) is 0.429. The number of benzene rings is 2. The van der Waals surface area contributed by atoms with Crippen molar-refractivity contribution in [3.05, 3.63) is 60.7 Å². The minimum atomic E-state index is -1.29. The molecule has 130 valence electrons. The normalized spacial score (nSPS) is 13.3. The van der Waals surface area contributed by atoms with Crippen molar-refractivity contribution in [3.63, 3.8) is 0 Å². The molecule has 2 aromatic carbocycles. The second-order valence-corrected chi connectivity index (χ2v) is 13.3. The van der Waals surface area contributed by atoms with Gasteiger partial charge in [0.05, 0.1) is 0 Å². The molecule has 0 amide bonds. The van der Waals surface area contributed by atoms with Crippen LogP contribution in [0.2, 0.25) is 0 Å². The predicted molar refractivity (Wildman–Crippen MR) is 115 cm³/mol. The molecular weight excluding hydrogens is 329 g/mol. The summed E-state index contributed by atoms with van der Waals surface area (Å²) in [4.78, 5) is 0. The standard InChI is InChI=1S/C21H30BClP/c1-20(2,3)24(21(4,5)6)17-22(23,18-13-9-7-10-14-18)19-15-11-8-12-16-19/h7-16H,17H2,1-6H3/q-1. The molecule has 0 fully saturated rings. The van der Waals surface area contributed by atoms with Gasteiger partial charge in [-0.3, -0.25) is 0 Å². The highest BCUT2D eigenvalue weighted by molar-refractivity contribution is 7.66. The van der Waals surface area contributed by atoms with Crippen molar-refractivity contribution in [2.24, 2.45) is 0 Å². The van der Waals surface area contributed by atoms with Crippen molar-refractivity contribution in [1.29, 1.82) is 0 Å². The van der Waals surface area contributed by atoms with Gasteiger partial charge in [-0.25, -0.2) is 0 Å². The average molecular weight is 360 g/mol. The maximum absolute atomic E-state index is 7.48. The molecule has 0 bridgehead atoms. The predicted octanol–water partition coefficient (Wildman–Crippen LogP) is 5.60. The summed E-state index contributed by atoms with van der Waals surface area (Å²) in [5.74, 6) is 0. The molecule has 24 heavy (non-hydrogen) atoms. The van der Waals surface area contributed by atoms with Gasteiger partial charge in [-0.2, -0.15) is 10.9 Å². The van der Waals surface area contributed by atoms with Crippen LogP contribution in [0.1, 0.15) is 41.5 Å². The summed E-state index contributed by atoms with van der Waals surface area (Å²) in [6.07, 6.45) is 0. The SMILES string of the molecule is CC(C)(C)P(C[B-](Cl)(c1ccccc1)c1ccccc1)C(C)(C)C. The molecule has 0 atom stereocenters. The summed E-state index contributed by atoms with van der Waals surface area (Å²) in [5.41, 5.74) is 1.22. The molecule has 0 unspecified atom stereocenters. The summed E-state index contributed by atoms with van der Waals surface area (Å²) in [7, 11) is -0.282. The van der Waals surface area contributed by atoms with Crippen LogP contribution < -0.4 is 10.9 Å². The molecule has 0 aromatic heterocycles. The third-order valence-corrected chi connectivity index (χ3v) is 9.73. The highest BCUT2D eigenvalue weighted by Gasteiger charge is 2.38.